The third-order valence-corrected chi connectivity index (χ3v) is 6.80. The zero-order valence-electron chi connectivity index (χ0n) is 20.0. The predicted octanol–water partition coefficient (Wildman–Crippen LogP) is 5.24. The van der Waals surface area contributed by atoms with Crippen LogP contribution in [-0.2, 0) is 4.79 Å². The monoisotopic (exact) mass is 499 g/mol. The summed E-state index contributed by atoms with van der Waals surface area (Å²) in [7, 11) is 0. The maximum Gasteiger partial charge on any atom is 0.244 e. The average Bonchev–Trinajstić information content (AvgIpc) is 3.35. The quantitative estimate of drug-likeness (QED) is 0.355. The number of thiocarbonyl (C=S) groups is 1. The summed E-state index contributed by atoms with van der Waals surface area (Å²) < 4.78 is 16.7. The van der Waals surface area contributed by atoms with Crippen molar-refractivity contribution in [3.63, 3.8) is 0 Å². The van der Waals surface area contributed by atoms with Crippen LogP contribution >= 0.6 is 12.2 Å². The number of carbonyl (C=O) groups excluding carboxylic acids is 1. The standard InChI is InChI=1S/C28H26FN5OS/c1-18-16-21(19(2)34(18)24-14-7-6-12-22(24)29)27-26(23-13-8-9-15-30-23)32-28(36)33(27)17-25(35)31-20-10-4-3-5-11-20/h3-16,26-27H,17H2,1-2H3,(H,31,35)(H,32,36)/t26-,27-/m1/s1. The summed E-state index contributed by atoms with van der Waals surface area (Å²) in [6.45, 7) is 3.97. The third kappa shape index (κ3) is 4.47. The molecule has 2 aromatic heterocycles. The minimum Gasteiger partial charge on any atom is -0.352 e. The van der Waals surface area contributed by atoms with Gasteiger partial charge in [0.2, 0.25) is 5.91 Å². The molecule has 0 unspecified atom stereocenters. The van der Waals surface area contributed by atoms with Gasteiger partial charge in [-0.15, -0.1) is 0 Å². The molecule has 1 fully saturated rings. The topological polar surface area (TPSA) is 62.2 Å². The fourth-order valence-corrected chi connectivity index (χ4v) is 5.19. The summed E-state index contributed by atoms with van der Waals surface area (Å²) in [5.74, 6) is -0.480. The molecule has 182 valence electrons. The second-order valence-corrected chi connectivity index (χ2v) is 9.17. The van der Waals surface area contributed by atoms with Gasteiger partial charge in [-0.3, -0.25) is 9.78 Å². The van der Waals surface area contributed by atoms with Gasteiger partial charge in [0.15, 0.2) is 5.11 Å². The number of benzene rings is 2. The van der Waals surface area contributed by atoms with Gasteiger partial charge in [-0.05, 0) is 74.1 Å². The van der Waals surface area contributed by atoms with Gasteiger partial charge in [-0.1, -0.05) is 36.4 Å². The predicted molar refractivity (Wildman–Crippen MR) is 142 cm³/mol. The second-order valence-electron chi connectivity index (χ2n) is 8.78. The lowest BCUT2D eigenvalue weighted by atomic mass is 9.96. The van der Waals surface area contributed by atoms with Crippen molar-refractivity contribution in [2.24, 2.45) is 0 Å². The second kappa shape index (κ2) is 9.91. The van der Waals surface area contributed by atoms with Gasteiger partial charge < -0.3 is 20.1 Å². The molecule has 2 atom stereocenters. The molecule has 0 saturated carbocycles. The van der Waals surface area contributed by atoms with E-state index in [9.17, 15) is 9.18 Å². The van der Waals surface area contributed by atoms with E-state index in [1.165, 1.54) is 6.07 Å². The van der Waals surface area contributed by atoms with Crippen LogP contribution in [0, 0.1) is 19.7 Å². The fourth-order valence-electron chi connectivity index (χ4n) is 4.88. The Morgan fingerprint density at radius 2 is 1.78 bits per heavy atom. The highest BCUT2D eigenvalue weighted by atomic mass is 32.1. The van der Waals surface area contributed by atoms with Crippen LogP contribution in [0.15, 0.2) is 85.1 Å². The number of pyridine rings is 1. The normalized spacial score (nSPS) is 17.2. The molecule has 2 aromatic carbocycles. The Morgan fingerprint density at radius 1 is 1.06 bits per heavy atom. The van der Waals surface area contributed by atoms with Gasteiger partial charge in [0.1, 0.15) is 12.4 Å². The number of nitrogens with zero attached hydrogens (tertiary/aromatic N) is 3. The average molecular weight is 500 g/mol. The summed E-state index contributed by atoms with van der Waals surface area (Å²) in [6, 6.07) is 23.2. The summed E-state index contributed by atoms with van der Waals surface area (Å²) >= 11 is 5.72. The van der Waals surface area contributed by atoms with Crippen LogP contribution in [-0.4, -0.2) is 32.0 Å². The van der Waals surface area contributed by atoms with E-state index in [2.05, 4.69) is 15.6 Å². The smallest absolute Gasteiger partial charge is 0.244 e. The number of para-hydroxylation sites is 2. The molecule has 0 aliphatic carbocycles. The van der Waals surface area contributed by atoms with Crippen LogP contribution in [0.4, 0.5) is 10.1 Å². The Balaban J connectivity index is 1.55. The molecule has 3 heterocycles. The number of aryl methyl sites for hydroxylation is 1. The molecule has 6 nitrogen and oxygen atoms in total. The van der Waals surface area contributed by atoms with Gasteiger partial charge in [-0.2, -0.15) is 0 Å². The summed E-state index contributed by atoms with van der Waals surface area (Å²) in [5, 5.41) is 6.79. The van der Waals surface area contributed by atoms with Crippen molar-refractivity contribution in [3.8, 4) is 5.69 Å². The molecule has 4 aromatic rings. The highest BCUT2D eigenvalue weighted by Gasteiger charge is 2.42. The zero-order chi connectivity index (χ0) is 25.2. The maximum atomic E-state index is 14.8. The Kier molecular flexibility index (Phi) is 6.52. The third-order valence-electron chi connectivity index (χ3n) is 6.45. The fraction of sp³-hybridized carbons (Fsp3) is 0.179. The Labute approximate surface area is 214 Å². The molecule has 5 rings (SSSR count). The van der Waals surface area contributed by atoms with Crippen molar-refractivity contribution < 1.29 is 9.18 Å². The first kappa shape index (κ1) is 23.7. The molecule has 0 bridgehead atoms. The van der Waals surface area contributed by atoms with E-state index in [0.717, 1.165) is 28.3 Å². The molecule has 1 aliphatic rings. The number of nitrogens with one attached hydrogen (secondary N) is 2. The Morgan fingerprint density at radius 3 is 2.50 bits per heavy atom. The largest absolute Gasteiger partial charge is 0.352 e. The minimum atomic E-state index is -0.319. The van der Waals surface area contributed by atoms with Gasteiger partial charge in [-0.25, -0.2) is 4.39 Å². The van der Waals surface area contributed by atoms with E-state index in [4.69, 9.17) is 12.2 Å². The molecule has 8 heteroatoms. The molecule has 1 saturated heterocycles. The van der Waals surface area contributed by atoms with E-state index >= 15 is 0 Å². The van der Waals surface area contributed by atoms with E-state index in [1.54, 1.807) is 18.3 Å². The first-order valence-electron chi connectivity index (χ1n) is 11.7. The highest BCUT2D eigenvalue weighted by molar-refractivity contribution is 7.80. The zero-order valence-corrected chi connectivity index (χ0v) is 20.8. The molecular formula is C28H26FN5OS. The Hall–Kier alpha value is -4.04. The van der Waals surface area contributed by atoms with E-state index in [1.807, 2.05) is 84.0 Å². The lowest BCUT2D eigenvalue weighted by Gasteiger charge is -2.27. The molecule has 1 aliphatic heterocycles. The lowest BCUT2D eigenvalue weighted by molar-refractivity contribution is -0.116. The van der Waals surface area contributed by atoms with Crippen LogP contribution in [0.3, 0.4) is 0 Å². The van der Waals surface area contributed by atoms with Crippen LogP contribution in [0.1, 0.15) is 34.7 Å². The molecule has 1 amide bonds. The summed E-state index contributed by atoms with van der Waals surface area (Å²) in [4.78, 5) is 19.5. The maximum absolute atomic E-state index is 14.8. The van der Waals surface area contributed by atoms with Crippen molar-refractivity contribution >= 4 is 28.9 Å². The molecular weight excluding hydrogens is 473 g/mol. The van der Waals surface area contributed by atoms with Crippen LogP contribution < -0.4 is 10.6 Å². The minimum absolute atomic E-state index is 0.0537. The number of hydrogen-bond donors (Lipinski definition) is 2. The lowest BCUT2D eigenvalue weighted by Crippen LogP contribution is -2.37. The number of amides is 1. The van der Waals surface area contributed by atoms with Crippen molar-refractivity contribution in [1.29, 1.82) is 0 Å². The SMILES string of the molecule is Cc1cc([C@@H]2[C@@H](c3ccccn3)NC(=S)N2CC(=O)Nc2ccccc2)c(C)n1-c1ccccc1F. The number of anilines is 1. The van der Waals surface area contributed by atoms with Gasteiger partial charge in [0.25, 0.3) is 0 Å². The Bertz CT molecular complexity index is 1410. The molecule has 0 radical (unpaired) electrons. The van der Waals surface area contributed by atoms with E-state index < -0.39 is 0 Å². The first-order chi connectivity index (χ1) is 17.4. The van der Waals surface area contributed by atoms with Gasteiger partial charge >= 0.3 is 0 Å². The van der Waals surface area contributed by atoms with Crippen LogP contribution in [0.25, 0.3) is 5.69 Å². The molecule has 0 spiro atoms. The van der Waals surface area contributed by atoms with Crippen molar-refractivity contribution in [2.75, 3.05) is 11.9 Å². The summed E-state index contributed by atoms with van der Waals surface area (Å²) in [6.07, 6.45) is 1.74. The molecule has 36 heavy (non-hydrogen) atoms. The van der Waals surface area contributed by atoms with Crippen molar-refractivity contribution in [2.45, 2.75) is 25.9 Å². The number of rotatable bonds is 6. The summed E-state index contributed by atoms with van der Waals surface area (Å²) in [5.41, 5.74) is 4.73. The number of carbonyl (C=O) groups is 1. The van der Waals surface area contributed by atoms with Gasteiger partial charge in [0, 0.05) is 23.3 Å². The van der Waals surface area contributed by atoms with Crippen LogP contribution in [0.5, 0.6) is 0 Å². The van der Waals surface area contributed by atoms with Crippen LogP contribution in [0.2, 0.25) is 0 Å². The van der Waals surface area contributed by atoms with Gasteiger partial charge in [0.05, 0.1) is 23.5 Å². The first-order valence-corrected chi connectivity index (χ1v) is 12.1. The van der Waals surface area contributed by atoms with E-state index in [-0.39, 0.29) is 30.4 Å². The molecule has 2 N–H and O–H groups in total. The van der Waals surface area contributed by atoms with E-state index in [0.29, 0.717) is 10.8 Å². The highest BCUT2D eigenvalue weighted by Crippen LogP contribution is 2.41. The van der Waals surface area contributed by atoms with Crippen molar-refractivity contribution in [3.05, 3.63) is 114 Å². The number of aromatic nitrogens is 2. The number of hydrogen-bond acceptors (Lipinski definition) is 3. The van der Waals surface area contributed by atoms with Crippen molar-refractivity contribution in [1.82, 2.24) is 19.8 Å². The number of halogens is 1.